The van der Waals surface area contributed by atoms with Crippen LogP contribution in [-0.4, -0.2) is 37.9 Å². The Kier molecular flexibility index (Phi) is 5.70. The van der Waals surface area contributed by atoms with Crippen LogP contribution in [0.2, 0.25) is 0 Å². The molecule has 0 fully saturated rings. The maximum Gasteiger partial charge on any atom is 0.257 e. The highest BCUT2D eigenvalue weighted by Gasteiger charge is 2.17. The van der Waals surface area contributed by atoms with E-state index in [0.717, 1.165) is 28.1 Å². The SMILES string of the molecule is CCS(=O)(=O)c1ccc2oc(SCC(=O)Nc3cc4oc5ccccc5c4cc3OC)nc2c1. The van der Waals surface area contributed by atoms with E-state index in [-0.39, 0.29) is 27.5 Å². The Balaban J connectivity index is 1.33. The second kappa shape index (κ2) is 8.69. The van der Waals surface area contributed by atoms with Crippen LogP contribution in [0.1, 0.15) is 6.92 Å². The van der Waals surface area contributed by atoms with Gasteiger partial charge in [-0.05, 0) is 30.3 Å². The van der Waals surface area contributed by atoms with E-state index >= 15 is 0 Å². The monoisotopic (exact) mass is 496 g/mol. The summed E-state index contributed by atoms with van der Waals surface area (Å²) in [5.74, 6) is 0.273. The first-order valence-electron chi connectivity index (χ1n) is 10.4. The van der Waals surface area contributed by atoms with Gasteiger partial charge in [0.15, 0.2) is 15.4 Å². The van der Waals surface area contributed by atoms with Crippen LogP contribution < -0.4 is 10.1 Å². The number of carbonyl (C=O) groups is 1. The van der Waals surface area contributed by atoms with Gasteiger partial charge in [0, 0.05) is 16.8 Å². The van der Waals surface area contributed by atoms with Crippen LogP contribution in [-0.2, 0) is 14.6 Å². The van der Waals surface area contributed by atoms with Crippen molar-refractivity contribution >= 4 is 66.2 Å². The number of furan rings is 1. The topological polar surface area (TPSA) is 112 Å². The molecule has 0 saturated carbocycles. The number of benzene rings is 3. The van der Waals surface area contributed by atoms with Gasteiger partial charge in [0.1, 0.15) is 22.4 Å². The van der Waals surface area contributed by atoms with Gasteiger partial charge < -0.3 is 18.9 Å². The van der Waals surface area contributed by atoms with Crippen molar-refractivity contribution in [3.63, 3.8) is 0 Å². The number of oxazole rings is 1. The summed E-state index contributed by atoms with van der Waals surface area (Å²) < 4.78 is 41.2. The Morgan fingerprint density at radius 3 is 2.65 bits per heavy atom. The zero-order valence-corrected chi connectivity index (χ0v) is 20.0. The van der Waals surface area contributed by atoms with Crippen LogP contribution in [0.25, 0.3) is 33.0 Å². The van der Waals surface area contributed by atoms with E-state index in [1.165, 1.54) is 12.1 Å². The van der Waals surface area contributed by atoms with E-state index in [1.807, 2.05) is 30.3 Å². The maximum absolute atomic E-state index is 12.6. The highest BCUT2D eigenvalue weighted by molar-refractivity contribution is 7.99. The lowest BCUT2D eigenvalue weighted by Gasteiger charge is -2.09. The number of sulfone groups is 1. The molecular weight excluding hydrogens is 476 g/mol. The van der Waals surface area contributed by atoms with Crippen LogP contribution in [0.3, 0.4) is 0 Å². The molecular formula is C24H20N2O6S2. The summed E-state index contributed by atoms with van der Waals surface area (Å²) in [6.07, 6.45) is 0. The number of nitrogens with one attached hydrogen (secondary N) is 1. The molecule has 2 heterocycles. The number of ether oxygens (including phenoxy) is 1. The van der Waals surface area contributed by atoms with Crippen LogP contribution >= 0.6 is 11.8 Å². The Labute approximate surface area is 199 Å². The van der Waals surface area contributed by atoms with Gasteiger partial charge in [-0.25, -0.2) is 13.4 Å². The van der Waals surface area contributed by atoms with E-state index in [2.05, 4.69) is 10.3 Å². The lowest BCUT2D eigenvalue weighted by Crippen LogP contribution is -2.14. The van der Waals surface area contributed by atoms with Crippen molar-refractivity contribution in [1.82, 2.24) is 4.98 Å². The first kappa shape index (κ1) is 22.3. The molecule has 8 nitrogen and oxygen atoms in total. The van der Waals surface area contributed by atoms with E-state index < -0.39 is 9.84 Å². The number of fused-ring (bicyclic) bond motifs is 4. The molecule has 0 aliphatic rings. The number of hydrogen-bond acceptors (Lipinski definition) is 8. The molecule has 34 heavy (non-hydrogen) atoms. The Hall–Kier alpha value is -3.50. The number of methoxy groups -OCH3 is 1. The number of hydrogen-bond donors (Lipinski definition) is 1. The standard InChI is InChI=1S/C24H20N2O6S2/c1-3-34(28,29)14-8-9-20-17(10-14)26-24(32-20)33-13-23(27)25-18-12-21-16(11-22(18)30-2)15-6-4-5-7-19(15)31-21/h4-12H,3,13H2,1-2H3,(H,25,27). The minimum Gasteiger partial charge on any atom is -0.495 e. The molecule has 0 aliphatic heterocycles. The number of aromatic nitrogens is 1. The van der Waals surface area contributed by atoms with Gasteiger partial charge in [-0.2, -0.15) is 0 Å². The molecule has 0 radical (unpaired) electrons. The van der Waals surface area contributed by atoms with Crippen molar-refractivity contribution in [3.05, 3.63) is 54.6 Å². The Morgan fingerprint density at radius 1 is 1.03 bits per heavy atom. The molecule has 0 spiro atoms. The Morgan fingerprint density at radius 2 is 1.85 bits per heavy atom. The van der Waals surface area contributed by atoms with E-state index in [4.69, 9.17) is 13.6 Å². The third-order valence-corrected chi connectivity index (χ3v) is 7.94. The minimum atomic E-state index is -3.34. The molecule has 5 rings (SSSR count). The van der Waals surface area contributed by atoms with Gasteiger partial charge in [-0.15, -0.1) is 0 Å². The average Bonchev–Trinajstić information content (AvgIpc) is 3.42. The number of amides is 1. The quantitative estimate of drug-likeness (QED) is 0.304. The number of rotatable bonds is 7. The van der Waals surface area contributed by atoms with Gasteiger partial charge >= 0.3 is 0 Å². The summed E-state index contributed by atoms with van der Waals surface area (Å²) in [6, 6.07) is 15.8. The van der Waals surface area contributed by atoms with Crippen molar-refractivity contribution in [2.45, 2.75) is 17.0 Å². The van der Waals surface area contributed by atoms with E-state index in [1.54, 1.807) is 26.2 Å². The van der Waals surface area contributed by atoms with Crippen LogP contribution in [0, 0.1) is 0 Å². The number of thioether (sulfide) groups is 1. The van der Waals surface area contributed by atoms with Gasteiger partial charge in [0.25, 0.3) is 5.22 Å². The molecule has 0 aliphatic carbocycles. The molecule has 0 atom stereocenters. The molecule has 0 saturated heterocycles. The highest BCUT2D eigenvalue weighted by atomic mass is 32.2. The first-order chi connectivity index (χ1) is 16.4. The van der Waals surface area contributed by atoms with Gasteiger partial charge in [0.05, 0.1) is 29.2 Å². The summed E-state index contributed by atoms with van der Waals surface area (Å²) in [6.45, 7) is 1.59. The van der Waals surface area contributed by atoms with Crippen LogP contribution in [0.15, 0.2) is 73.5 Å². The summed E-state index contributed by atoms with van der Waals surface area (Å²) in [7, 11) is -1.80. The highest BCUT2D eigenvalue weighted by Crippen LogP contribution is 2.36. The normalized spacial score (nSPS) is 11.9. The molecule has 1 amide bonds. The zero-order valence-electron chi connectivity index (χ0n) is 18.3. The maximum atomic E-state index is 12.6. The smallest absolute Gasteiger partial charge is 0.257 e. The molecule has 0 unspecified atom stereocenters. The number of para-hydroxylation sites is 1. The molecule has 174 valence electrons. The second-order valence-corrected chi connectivity index (χ2v) is 10.7. The minimum absolute atomic E-state index is 0.00141. The molecule has 1 N–H and O–H groups in total. The van der Waals surface area contributed by atoms with E-state index in [0.29, 0.717) is 28.1 Å². The predicted molar refractivity (Wildman–Crippen MR) is 131 cm³/mol. The molecule has 0 bridgehead atoms. The molecule has 2 aromatic heterocycles. The van der Waals surface area contributed by atoms with Crippen molar-refractivity contribution in [1.29, 1.82) is 0 Å². The van der Waals surface area contributed by atoms with Gasteiger partial charge in [-0.3, -0.25) is 4.79 Å². The summed E-state index contributed by atoms with van der Waals surface area (Å²) in [4.78, 5) is 17.1. The number of nitrogens with zero attached hydrogens (tertiary/aromatic N) is 1. The van der Waals surface area contributed by atoms with Gasteiger partial charge in [0.2, 0.25) is 5.91 Å². The summed E-state index contributed by atoms with van der Waals surface area (Å²) >= 11 is 1.11. The average molecular weight is 497 g/mol. The summed E-state index contributed by atoms with van der Waals surface area (Å²) in [5.41, 5.74) is 2.77. The van der Waals surface area contributed by atoms with E-state index in [9.17, 15) is 13.2 Å². The largest absolute Gasteiger partial charge is 0.495 e. The fourth-order valence-corrected chi connectivity index (χ4v) is 5.18. The lowest BCUT2D eigenvalue weighted by molar-refractivity contribution is -0.113. The lowest BCUT2D eigenvalue weighted by atomic mass is 10.1. The summed E-state index contributed by atoms with van der Waals surface area (Å²) in [5, 5.41) is 4.99. The van der Waals surface area contributed by atoms with Crippen molar-refractivity contribution in [3.8, 4) is 5.75 Å². The molecule has 5 aromatic rings. The third kappa shape index (κ3) is 4.10. The predicted octanol–water partition coefficient (Wildman–Crippen LogP) is 5.26. The molecule has 3 aromatic carbocycles. The van der Waals surface area contributed by atoms with Crippen LogP contribution in [0.5, 0.6) is 5.75 Å². The first-order valence-corrected chi connectivity index (χ1v) is 13.1. The zero-order chi connectivity index (χ0) is 23.9. The number of anilines is 1. The van der Waals surface area contributed by atoms with Crippen molar-refractivity contribution in [2.24, 2.45) is 0 Å². The second-order valence-electron chi connectivity index (χ2n) is 7.50. The van der Waals surface area contributed by atoms with Crippen molar-refractivity contribution < 1.29 is 26.8 Å². The number of carbonyl (C=O) groups excluding carboxylic acids is 1. The van der Waals surface area contributed by atoms with Gasteiger partial charge in [-0.1, -0.05) is 36.9 Å². The third-order valence-electron chi connectivity index (χ3n) is 5.38. The Bertz CT molecular complexity index is 1650. The van der Waals surface area contributed by atoms with Crippen LogP contribution in [0.4, 0.5) is 5.69 Å². The fraction of sp³-hybridized carbons (Fsp3) is 0.167. The molecule has 10 heteroatoms. The fourth-order valence-electron chi connectivity index (χ4n) is 3.64. The van der Waals surface area contributed by atoms with Crippen molar-refractivity contribution in [2.75, 3.05) is 23.9 Å².